The van der Waals surface area contributed by atoms with E-state index in [0.717, 1.165) is 23.8 Å². The number of rotatable bonds is 5. The maximum Gasteiger partial charge on any atom is 0.251 e. The molecule has 1 atom stereocenters. The van der Waals surface area contributed by atoms with Gasteiger partial charge in [-0.3, -0.25) is 4.79 Å². The summed E-state index contributed by atoms with van der Waals surface area (Å²) in [7, 11) is -0.619. The predicted octanol–water partition coefficient (Wildman–Crippen LogP) is 0.846. The van der Waals surface area contributed by atoms with Crippen molar-refractivity contribution in [3.05, 3.63) is 29.8 Å². The topological polar surface area (TPSA) is 75.7 Å². The number of benzene rings is 1. The molecule has 1 aromatic carbocycles. The van der Waals surface area contributed by atoms with Crippen LogP contribution in [0.15, 0.2) is 29.2 Å². The van der Waals surface area contributed by atoms with Crippen LogP contribution in [0.1, 0.15) is 23.2 Å². The van der Waals surface area contributed by atoms with Crippen molar-refractivity contribution in [2.45, 2.75) is 23.8 Å². The first-order chi connectivity index (χ1) is 9.91. The third-order valence-corrected chi connectivity index (χ3v) is 5.20. The largest absolute Gasteiger partial charge is 0.376 e. The van der Waals surface area contributed by atoms with Crippen molar-refractivity contribution in [3.8, 4) is 0 Å². The molecule has 1 aliphatic heterocycles. The zero-order chi connectivity index (χ0) is 15.5. The fourth-order valence-corrected chi connectivity index (χ4v) is 3.07. The highest BCUT2D eigenvalue weighted by atomic mass is 32.2. The lowest BCUT2D eigenvalue weighted by Crippen LogP contribution is -2.32. The molecule has 0 radical (unpaired) electrons. The maximum absolute atomic E-state index is 12.1. The summed E-state index contributed by atoms with van der Waals surface area (Å²) >= 11 is 0. The van der Waals surface area contributed by atoms with Crippen molar-refractivity contribution in [2.75, 3.05) is 27.2 Å². The molecule has 0 saturated carbocycles. The Morgan fingerprint density at radius 1 is 1.43 bits per heavy atom. The number of carbonyl (C=O) groups excluding carboxylic acids is 1. The van der Waals surface area contributed by atoms with E-state index in [9.17, 15) is 13.2 Å². The molecule has 1 fully saturated rings. The van der Waals surface area contributed by atoms with Gasteiger partial charge in [-0.2, -0.15) is 0 Å². The van der Waals surface area contributed by atoms with Gasteiger partial charge in [0, 0.05) is 32.8 Å². The van der Waals surface area contributed by atoms with Crippen LogP contribution in [0.5, 0.6) is 0 Å². The van der Waals surface area contributed by atoms with Crippen LogP contribution in [0.4, 0.5) is 0 Å². The van der Waals surface area contributed by atoms with Crippen molar-refractivity contribution in [2.24, 2.45) is 0 Å². The van der Waals surface area contributed by atoms with E-state index in [1.165, 1.54) is 26.2 Å². The first-order valence-electron chi connectivity index (χ1n) is 6.83. The van der Waals surface area contributed by atoms with E-state index in [4.69, 9.17) is 4.74 Å². The van der Waals surface area contributed by atoms with Crippen molar-refractivity contribution in [1.82, 2.24) is 9.62 Å². The molecule has 1 heterocycles. The summed E-state index contributed by atoms with van der Waals surface area (Å²) in [5.74, 6) is -0.290. The molecule has 21 heavy (non-hydrogen) atoms. The van der Waals surface area contributed by atoms with Crippen LogP contribution in [0, 0.1) is 0 Å². The van der Waals surface area contributed by atoms with E-state index < -0.39 is 10.0 Å². The molecule has 2 rings (SSSR count). The minimum atomic E-state index is -3.53. The quantitative estimate of drug-likeness (QED) is 0.874. The maximum atomic E-state index is 12.1. The van der Waals surface area contributed by atoms with Gasteiger partial charge in [-0.1, -0.05) is 6.07 Å². The van der Waals surface area contributed by atoms with Gasteiger partial charge in [-0.05, 0) is 31.0 Å². The van der Waals surface area contributed by atoms with Crippen molar-refractivity contribution in [1.29, 1.82) is 0 Å². The summed E-state index contributed by atoms with van der Waals surface area (Å²) in [6.07, 6.45) is 2.01. The average molecular weight is 312 g/mol. The van der Waals surface area contributed by atoms with E-state index in [0.29, 0.717) is 12.1 Å². The molecule has 0 aliphatic carbocycles. The zero-order valence-electron chi connectivity index (χ0n) is 12.2. The number of nitrogens with zero attached hydrogens (tertiary/aromatic N) is 1. The molecule has 0 bridgehead atoms. The molecule has 1 N–H and O–H groups in total. The van der Waals surface area contributed by atoms with Gasteiger partial charge in [0.05, 0.1) is 11.0 Å². The molecule has 6 nitrogen and oxygen atoms in total. The van der Waals surface area contributed by atoms with E-state index >= 15 is 0 Å². The van der Waals surface area contributed by atoms with Gasteiger partial charge in [0.25, 0.3) is 5.91 Å². The fraction of sp³-hybridized carbons (Fsp3) is 0.500. The number of hydrogen-bond acceptors (Lipinski definition) is 4. The lowest BCUT2D eigenvalue weighted by atomic mass is 10.2. The van der Waals surface area contributed by atoms with Crippen molar-refractivity contribution in [3.63, 3.8) is 0 Å². The summed E-state index contributed by atoms with van der Waals surface area (Å²) in [6, 6.07) is 6.03. The molecule has 7 heteroatoms. The van der Waals surface area contributed by atoms with E-state index in [1.54, 1.807) is 12.1 Å². The molecule has 1 saturated heterocycles. The second-order valence-corrected chi connectivity index (χ2v) is 7.31. The molecular weight excluding hydrogens is 292 g/mol. The van der Waals surface area contributed by atoms with Crippen molar-refractivity contribution < 1.29 is 17.9 Å². The molecule has 0 aromatic heterocycles. The Morgan fingerprint density at radius 3 is 2.81 bits per heavy atom. The van der Waals surface area contributed by atoms with Gasteiger partial charge >= 0.3 is 0 Å². The van der Waals surface area contributed by atoms with Crippen LogP contribution in [-0.2, 0) is 14.8 Å². The summed E-state index contributed by atoms with van der Waals surface area (Å²) in [4.78, 5) is 12.2. The third-order valence-electron chi connectivity index (χ3n) is 3.39. The van der Waals surface area contributed by atoms with Crippen LogP contribution < -0.4 is 5.32 Å². The van der Waals surface area contributed by atoms with Gasteiger partial charge in [-0.25, -0.2) is 12.7 Å². The van der Waals surface area contributed by atoms with Crippen LogP contribution in [0.2, 0.25) is 0 Å². The molecule has 1 amide bonds. The normalized spacial score (nSPS) is 18.9. The van der Waals surface area contributed by atoms with Gasteiger partial charge < -0.3 is 10.1 Å². The summed E-state index contributed by atoms with van der Waals surface area (Å²) in [5.41, 5.74) is 0.330. The Hall–Kier alpha value is -1.44. The van der Waals surface area contributed by atoms with Crippen molar-refractivity contribution >= 4 is 15.9 Å². The lowest BCUT2D eigenvalue weighted by Gasteiger charge is -2.13. The number of amides is 1. The van der Waals surface area contributed by atoms with Gasteiger partial charge in [0.2, 0.25) is 10.0 Å². The average Bonchev–Trinajstić information content (AvgIpc) is 2.98. The number of carbonyl (C=O) groups is 1. The Morgan fingerprint density at radius 2 is 2.19 bits per heavy atom. The standard InChI is InChI=1S/C14H20N2O4S/c1-16(2)21(18,19)13-7-3-5-11(9-13)14(17)15-10-12-6-4-8-20-12/h3,5,7,9,12H,4,6,8,10H2,1-2H3,(H,15,17)/t12-/m0/s1. The van der Waals surface area contributed by atoms with Crippen LogP contribution in [0.25, 0.3) is 0 Å². The number of ether oxygens (including phenoxy) is 1. The first kappa shape index (κ1) is 15.9. The highest BCUT2D eigenvalue weighted by Crippen LogP contribution is 2.15. The predicted molar refractivity (Wildman–Crippen MR) is 78.6 cm³/mol. The molecule has 1 aromatic rings. The molecule has 1 aliphatic rings. The van der Waals surface area contributed by atoms with Gasteiger partial charge in [0.1, 0.15) is 0 Å². The zero-order valence-corrected chi connectivity index (χ0v) is 13.0. The van der Waals surface area contributed by atoms with Crippen LogP contribution in [-0.4, -0.2) is 52.0 Å². The molecule has 0 spiro atoms. The second kappa shape index (κ2) is 6.55. The number of sulfonamides is 1. The minimum absolute atomic E-state index is 0.0580. The molecule has 116 valence electrons. The number of nitrogens with one attached hydrogen (secondary N) is 1. The molecule has 0 unspecified atom stereocenters. The summed E-state index contributed by atoms with van der Waals surface area (Å²) in [6.45, 7) is 1.18. The monoisotopic (exact) mass is 312 g/mol. The Labute approximate surface area is 125 Å². The summed E-state index contributed by atoms with van der Waals surface area (Å²) < 4.78 is 30.6. The van der Waals surface area contributed by atoms with Gasteiger partial charge in [-0.15, -0.1) is 0 Å². The Bertz CT molecular complexity index is 607. The number of hydrogen-bond donors (Lipinski definition) is 1. The highest BCUT2D eigenvalue weighted by Gasteiger charge is 2.20. The Kier molecular flexibility index (Phi) is 4.97. The first-order valence-corrected chi connectivity index (χ1v) is 8.27. The SMILES string of the molecule is CN(C)S(=O)(=O)c1cccc(C(=O)NC[C@@H]2CCCO2)c1. The van der Waals surface area contributed by atoms with Crippen LogP contribution >= 0.6 is 0 Å². The summed E-state index contributed by atoms with van der Waals surface area (Å²) in [5, 5.41) is 2.78. The fourth-order valence-electron chi connectivity index (χ4n) is 2.12. The molecular formula is C14H20N2O4S. The lowest BCUT2D eigenvalue weighted by molar-refractivity contribution is 0.0857. The van der Waals surface area contributed by atoms with E-state index in [1.807, 2.05) is 0 Å². The highest BCUT2D eigenvalue weighted by molar-refractivity contribution is 7.89. The second-order valence-electron chi connectivity index (χ2n) is 5.16. The van der Waals surface area contributed by atoms with E-state index in [2.05, 4.69) is 5.32 Å². The van der Waals surface area contributed by atoms with Gasteiger partial charge in [0.15, 0.2) is 0 Å². The minimum Gasteiger partial charge on any atom is -0.376 e. The van der Waals surface area contributed by atoms with E-state index in [-0.39, 0.29) is 16.9 Å². The Balaban J connectivity index is 2.08. The smallest absolute Gasteiger partial charge is 0.251 e. The third kappa shape index (κ3) is 3.81. The van der Waals surface area contributed by atoms with Crippen LogP contribution in [0.3, 0.4) is 0 Å².